The first kappa shape index (κ1) is 21.5. The highest BCUT2D eigenvalue weighted by molar-refractivity contribution is 8.18. The molecule has 1 fully saturated rings. The van der Waals surface area contributed by atoms with Crippen molar-refractivity contribution in [3.8, 4) is 5.75 Å². The lowest BCUT2D eigenvalue weighted by atomic mass is 10.2. The number of hydrogen-bond acceptors (Lipinski definition) is 7. The molecule has 0 aliphatic carbocycles. The number of halogens is 2. The van der Waals surface area contributed by atoms with Crippen molar-refractivity contribution in [2.24, 2.45) is 10.2 Å². The van der Waals surface area contributed by atoms with Gasteiger partial charge >= 0.3 is 5.97 Å². The van der Waals surface area contributed by atoms with Crippen LogP contribution in [0.1, 0.15) is 11.1 Å². The number of ether oxygens (including phenoxy) is 2. The van der Waals surface area contributed by atoms with Crippen LogP contribution in [-0.2, 0) is 20.9 Å². The minimum absolute atomic E-state index is 0.0474. The molecule has 0 radical (unpaired) electrons. The summed E-state index contributed by atoms with van der Waals surface area (Å²) >= 11 is 6.74. The molecule has 1 N–H and O–H groups in total. The van der Waals surface area contributed by atoms with Crippen molar-refractivity contribution in [2.45, 2.75) is 6.61 Å². The van der Waals surface area contributed by atoms with Crippen LogP contribution in [0.15, 0.2) is 63.6 Å². The molecule has 1 heterocycles. The maximum absolute atomic E-state index is 13.9. The average molecular weight is 448 g/mol. The molecule has 3 rings (SSSR count). The highest BCUT2D eigenvalue weighted by Gasteiger charge is 2.24. The number of methoxy groups -OCH3 is 1. The van der Waals surface area contributed by atoms with Crippen molar-refractivity contribution in [1.82, 2.24) is 5.32 Å². The Hall–Kier alpha value is -3.17. The number of benzene rings is 2. The minimum Gasteiger partial charge on any atom is -0.489 e. The van der Waals surface area contributed by atoms with E-state index < -0.39 is 17.7 Å². The smallest absolute Gasteiger partial charge is 0.331 e. The molecular formula is C20H15ClFN3O4S. The predicted molar refractivity (Wildman–Crippen MR) is 113 cm³/mol. The molecule has 2 aromatic rings. The van der Waals surface area contributed by atoms with Crippen molar-refractivity contribution in [2.75, 3.05) is 7.11 Å². The van der Waals surface area contributed by atoms with Crippen molar-refractivity contribution in [3.05, 3.63) is 75.4 Å². The van der Waals surface area contributed by atoms with E-state index in [1.54, 1.807) is 36.4 Å². The van der Waals surface area contributed by atoms with Gasteiger partial charge < -0.3 is 9.47 Å². The number of amides is 1. The Morgan fingerprint density at radius 1 is 1.27 bits per heavy atom. The van der Waals surface area contributed by atoms with Crippen LogP contribution in [-0.4, -0.2) is 30.4 Å². The lowest BCUT2D eigenvalue weighted by Gasteiger charge is -2.08. The molecule has 1 saturated heterocycles. The lowest BCUT2D eigenvalue weighted by molar-refractivity contribution is -0.135. The molecule has 1 aliphatic rings. The van der Waals surface area contributed by atoms with E-state index in [1.165, 1.54) is 19.4 Å². The van der Waals surface area contributed by atoms with E-state index in [-0.39, 0.29) is 21.7 Å². The molecule has 30 heavy (non-hydrogen) atoms. The number of amidine groups is 1. The van der Waals surface area contributed by atoms with E-state index in [1.807, 2.05) is 0 Å². The van der Waals surface area contributed by atoms with Gasteiger partial charge in [0.15, 0.2) is 5.17 Å². The van der Waals surface area contributed by atoms with Gasteiger partial charge in [0.25, 0.3) is 5.91 Å². The maximum atomic E-state index is 13.9. The number of carbonyl (C=O) groups excluding carboxylic acids is 2. The third kappa shape index (κ3) is 5.68. The lowest BCUT2D eigenvalue weighted by Crippen LogP contribution is -2.19. The molecule has 2 aromatic carbocycles. The first-order valence-electron chi connectivity index (χ1n) is 8.52. The highest BCUT2D eigenvalue weighted by atomic mass is 35.5. The quantitative estimate of drug-likeness (QED) is 0.316. The topological polar surface area (TPSA) is 89.3 Å². The molecule has 10 heteroatoms. The Morgan fingerprint density at radius 3 is 2.77 bits per heavy atom. The van der Waals surface area contributed by atoms with Gasteiger partial charge in [-0.1, -0.05) is 23.7 Å². The number of thioether (sulfide) groups is 1. The number of rotatable bonds is 6. The zero-order chi connectivity index (χ0) is 21.5. The van der Waals surface area contributed by atoms with E-state index in [0.29, 0.717) is 11.3 Å². The number of carbonyl (C=O) groups is 2. The molecule has 0 atom stereocenters. The number of nitrogens with zero attached hydrogens (tertiary/aromatic N) is 2. The zero-order valence-electron chi connectivity index (χ0n) is 15.6. The van der Waals surface area contributed by atoms with Crippen LogP contribution in [0.3, 0.4) is 0 Å². The van der Waals surface area contributed by atoms with Crippen LogP contribution >= 0.6 is 23.4 Å². The van der Waals surface area contributed by atoms with Crippen LogP contribution in [0.2, 0.25) is 5.02 Å². The molecule has 1 amide bonds. The van der Waals surface area contributed by atoms with Gasteiger partial charge in [0.2, 0.25) is 0 Å². The Morgan fingerprint density at radius 2 is 2.03 bits per heavy atom. The van der Waals surface area contributed by atoms with Gasteiger partial charge in [-0.25, -0.2) is 9.18 Å². The van der Waals surface area contributed by atoms with Crippen molar-refractivity contribution in [3.63, 3.8) is 0 Å². The predicted octanol–water partition coefficient (Wildman–Crippen LogP) is 3.67. The third-order valence-corrected chi connectivity index (χ3v) is 4.95. The van der Waals surface area contributed by atoms with E-state index in [9.17, 15) is 14.0 Å². The van der Waals surface area contributed by atoms with E-state index in [4.69, 9.17) is 16.3 Å². The second-order valence-electron chi connectivity index (χ2n) is 5.81. The average Bonchev–Trinajstić information content (AvgIpc) is 3.09. The number of hydrogen-bond donors (Lipinski definition) is 1. The van der Waals surface area contributed by atoms with Gasteiger partial charge in [-0.15, -0.1) is 5.10 Å². The maximum Gasteiger partial charge on any atom is 0.331 e. The fourth-order valence-corrected chi connectivity index (χ4v) is 3.19. The van der Waals surface area contributed by atoms with Crippen LogP contribution < -0.4 is 10.1 Å². The minimum atomic E-state index is -0.627. The standard InChI is InChI=1S/C20H15ClFN3O4S/c1-28-17(26)9-16-19(27)24-20(30-16)25-23-10-12-5-7-14(8-6-12)29-11-13-3-2-4-15(21)18(13)22/h2-10H,11H2,1H3,(H,24,25,27)/b16-9+,23-10?. The molecule has 0 bridgehead atoms. The van der Waals surface area contributed by atoms with E-state index in [0.717, 1.165) is 23.4 Å². The first-order chi connectivity index (χ1) is 14.5. The Bertz CT molecular complexity index is 1050. The molecule has 7 nitrogen and oxygen atoms in total. The molecule has 154 valence electrons. The largest absolute Gasteiger partial charge is 0.489 e. The number of esters is 1. The Balaban J connectivity index is 1.57. The first-order valence-corrected chi connectivity index (χ1v) is 9.71. The molecule has 1 aliphatic heterocycles. The fraction of sp³-hybridized carbons (Fsp3) is 0.100. The van der Waals surface area contributed by atoms with E-state index >= 15 is 0 Å². The van der Waals surface area contributed by atoms with Gasteiger partial charge in [0.1, 0.15) is 18.2 Å². The summed E-state index contributed by atoms with van der Waals surface area (Å²) in [7, 11) is 1.22. The molecule has 0 unspecified atom stereocenters. The summed E-state index contributed by atoms with van der Waals surface area (Å²) in [6.45, 7) is 0.0474. The normalized spacial score (nSPS) is 16.3. The van der Waals surface area contributed by atoms with Crippen LogP contribution in [0.5, 0.6) is 5.75 Å². The highest BCUT2D eigenvalue weighted by Crippen LogP contribution is 2.23. The summed E-state index contributed by atoms with van der Waals surface area (Å²) in [6.07, 6.45) is 2.57. The van der Waals surface area contributed by atoms with Gasteiger partial charge in [-0.2, -0.15) is 5.10 Å². The molecule has 0 spiro atoms. The third-order valence-electron chi connectivity index (χ3n) is 3.76. The summed E-state index contributed by atoms with van der Waals surface area (Å²) < 4.78 is 23.9. The SMILES string of the molecule is COC(=O)/C=C1/S/C(=N\N=Cc2ccc(OCc3cccc(Cl)c3F)cc2)NC1=O. The van der Waals surface area contributed by atoms with Gasteiger partial charge in [0.05, 0.1) is 23.3 Å². The van der Waals surface area contributed by atoms with Crippen molar-refractivity contribution >= 4 is 46.6 Å². The van der Waals surface area contributed by atoms with Crippen LogP contribution in [0.4, 0.5) is 4.39 Å². The fourth-order valence-electron chi connectivity index (χ4n) is 2.26. The van der Waals surface area contributed by atoms with Gasteiger partial charge in [-0.3, -0.25) is 10.1 Å². The monoisotopic (exact) mass is 447 g/mol. The van der Waals surface area contributed by atoms with Crippen LogP contribution in [0.25, 0.3) is 0 Å². The Kier molecular flexibility index (Phi) is 7.21. The van der Waals surface area contributed by atoms with Gasteiger partial charge in [0, 0.05) is 11.6 Å². The summed E-state index contributed by atoms with van der Waals surface area (Å²) in [5.41, 5.74) is 1.10. The van der Waals surface area contributed by atoms with Crippen molar-refractivity contribution in [1.29, 1.82) is 0 Å². The molecule has 0 saturated carbocycles. The molecule has 0 aromatic heterocycles. The number of nitrogens with one attached hydrogen (secondary N) is 1. The second-order valence-corrected chi connectivity index (χ2v) is 7.25. The van der Waals surface area contributed by atoms with Crippen molar-refractivity contribution < 1.29 is 23.5 Å². The zero-order valence-corrected chi connectivity index (χ0v) is 17.2. The van der Waals surface area contributed by atoms with Gasteiger partial charge in [-0.05, 0) is 47.7 Å². The van der Waals surface area contributed by atoms with E-state index in [2.05, 4.69) is 20.3 Å². The summed E-state index contributed by atoms with van der Waals surface area (Å²) in [5.74, 6) is -1.02. The summed E-state index contributed by atoms with van der Waals surface area (Å²) in [5, 5.41) is 10.6. The van der Waals surface area contributed by atoms with Crippen LogP contribution in [0, 0.1) is 5.82 Å². The molecular weight excluding hydrogens is 433 g/mol. The second kappa shape index (κ2) is 10.0. The Labute approximate surface area is 180 Å². The summed E-state index contributed by atoms with van der Waals surface area (Å²) in [4.78, 5) is 23.1. The summed E-state index contributed by atoms with van der Waals surface area (Å²) in [6, 6.07) is 11.6.